The van der Waals surface area contributed by atoms with E-state index in [0.29, 0.717) is 18.0 Å². The quantitative estimate of drug-likeness (QED) is 0.807. The molecule has 2 aliphatic heterocycles. The molecule has 2 aliphatic rings. The largest absolute Gasteiger partial charge is 0.309 e. The molecule has 0 spiro atoms. The summed E-state index contributed by atoms with van der Waals surface area (Å²) >= 11 is 5.88. The van der Waals surface area contributed by atoms with Crippen molar-refractivity contribution in [3.63, 3.8) is 0 Å². The van der Waals surface area contributed by atoms with Crippen molar-refractivity contribution in [2.45, 2.75) is 36.2 Å². The van der Waals surface area contributed by atoms with E-state index in [9.17, 15) is 13.2 Å². The van der Waals surface area contributed by atoms with Gasteiger partial charge in [-0.1, -0.05) is 29.8 Å². The molecule has 0 saturated carbocycles. The number of hydrogen-bond donors (Lipinski definition) is 0. The molecule has 0 aromatic heterocycles. The van der Waals surface area contributed by atoms with Gasteiger partial charge in [0.05, 0.1) is 4.90 Å². The summed E-state index contributed by atoms with van der Waals surface area (Å²) in [6.45, 7) is 0.381. The van der Waals surface area contributed by atoms with Crippen molar-refractivity contribution in [3.05, 3.63) is 59.6 Å². The second kappa shape index (κ2) is 6.68. The van der Waals surface area contributed by atoms with Gasteiger partial charge in [0.2, 0.25) is 15.9 Å². The highest BCUT2D eigenvalue weighted by Gasteiger charge is 2.49. The molecule has 2 aromatic rings. The fourth-order valence-electron chi connectivity index (χ4n) is 3.87. The molecule has 26 heavy (non-hydrogen) atoms. The monoisotopic (exact) mass is 390 g/mol. The number of hydrogen-bond acceptors (Lipinski definition) is 3. The molecule has 4 rings (SSSR count). The lowest BCUT2D eigenvalue weighted by molar-refractivity contribution is -0.126. The lowest BCUT2D eigenvalue weighted by atomic mass is 9.93. The molecule has 1 amide bonds. The normalized spacial score (nSPS) is 23.9. The Balaban J connectivity index is 1.71. The predicted molar refractivity (Wildman–Crippen MR) is 101 cm³/mol. The van der Waals surface area contributed by atoms with Gasteiger partial charge in [-0.15, -0.1) is 0 Å². The van der Waals surface area contributed by atoms with E-state index >= 15 is 0 Å². The van der Waals surface area contributed by atoms with Gasteiger partial charge in [0.25, 0.3) is 0 Å². The average Bonchev–Trinajstić information content (AvgIpc) is 2.65. The van der Waals surface area contributed by atoms with Gasteiger partial charge in [0.15, 0.2) is 0 Å². The molecular formula is C19H19ClN2O3S. The Morgan fingerprint density at radius 1 is 0.962 bits per heavy atom. The van der Waals surface area contributed by atoms with Crippen LogP contribution in [0.2, 0.25) is 5.02 Å². The highest BCUT2D eigenvalue weighted by Crippen LogP contribution is 2.36. The summed E-state index contributed by atoms with van der Waals surface area (Å²) in [5.74, 6) is -0.148. The standard InChI is InChI=1S/C19H19ClN2O3S/c20-14-9-11-17(12-10-14)26(24,25)22-16-7-4-8-18(22)19(23)21(13-16)15-5-2-1-3-6-15/h1-3,5-6,9-12,16,18H,4,7-8,13H2. The van der Waals surface area contributed by atoms with Crippen LogP contribution in [0.25, 0.3) is 0 Å². The van der Waals surface area contributed by atoms with Gasteiger partial charge >= 0.3 is 0 Å². The molecule has 0 aliphatic carbocycles. The van der Waals surface area contributed by atoms with Crippen LogP contribution in [0.4, 0.5) is 5.69 Å². The number of piperidine rings is 1. The molecule has 2 heterocycles. The minimum absolute atomic E-state index is 0.148. The van der Waals surface area contributed by atoms with Crippen LogP contribution in [0.3, 0.4) is 0 Å². The number of anilines is 1. The maximum atomic E-state index is 13.2. The average molecular weight is 391 g/mol. The van der Waals surface area contributed by atoms with Crippen LogP contribution in [0, 0.1) is 0 Å². The van der Waals surface area contributed by atoms with E-state index in [4.69, 9.17) is 11.6 Å². The number of rotatable bonds is 3. The van der Waals surface area contributed by atoms with E-state index in [-0.39, 0.29) is 16.8 Å². The van der Waals surface area contributed by atoms with E-state index in [0.717, 1.165) is 18.5 Å². The summed E-state index contributed by atoms with van der Waals surface area (Å²) in [7, 11) is -3.75. The molecule has 136 valence electrons. The molecule has 2 atom stereocenters. The van der Waals surface area contributed by atoms with Gasteiger partial charge in [-0.25, -0.2) is 8.42 Å². The zero-order chi connectivity index (χ0) is 18.3. The Bertz CT molecular complexity index is 916. The first-order valence-electron chi connectivity index (χ1n) is 8.64. The van der Waals surface area contributed by atoms with Crippen LogP contribution in [0.15, 0.2) is 59.5 Å². The zero-order valence-electron chi connectivity index (χ0n) is 14.1. The van der Waals surface area contributed by atoms with Crippen LogP contribution >= 0.6 is 11.6 Å². The summed E-state index contributed by atoms with van der Waals surface area (Å²) < 4.78 is 27.9. The second-order valence-electron chi connectivity index (χ2n) is 6.67. The van der Waals surface area contributed by atoms with Crippen LogP contribution < -0.4 is 4.90 Å². The minimum Gasteiger partial charge on any atom is -0.309 e. The number of carbonyl (C=O) groups excluding carboxylic acids is 1. The van der Waals surface area contributed by atoms with Gasteiger partial charge in [0.1, 0.15) is 6.04 Å². The van der Waals surface area contributed by atoms with E-state index < -0.39 is 16.1 Å². The maximum Gasteiger partial charge on any atom is 0.245 e. The molecule has 2 aromatic carbocycles. The fraction of sp³-hybridized carbons (Fsp3) is 0.316. The number of carbonyl (C=O) groups is 1. The van der Waals surface area contributed by atoms with Crippen LogP contribution in [0.1, 0.15) is 19.3 Å². The van der Waals surface area contributed by atoms with E-state index in [1.54, 1.807) is 17.0 Å². The van der Waals surface area contributed by atoms with Gasteiger partial charge < -0.3 is 4.90 Å². The maximum absolute atomic E-state index is 13.2. The van der Waals surface area contributed by atoms with Crippen molar-refractivity contribution in [1.29, 1.82) is 0 Å². The number of fused-ring (bicyclic) bond motifs is 2. The number of piperazine rings is 1. The summed E-state index contributed by atoms with van der Waals surface area (Å²) in [5, 5.41) is 0.481. The number of para-hydroxylation sites is 1. The van der Waals surface area contributed by atoms with Crippen LogP contribution in [0.5, 0.6) is 0 Å². The summed E-state index contributed by atoms with van der Waals surface area (Å²) in [6.07, 6.45) is 2.15. The van der Waals surface area contributed by atoms with Crippen molar-refractivity contribution < 1.29 is 13.2 Å². The van der Waals surface area contributed by atoms with Gasteiger partial charge in [-0.2, -0.15) is 4.31 Å². The fourth-order valence-corrected chi connectivity index (χ4v) is 5.82. The number of amides is 1. The third-order valence-electron chi connectivity index (χ3n) is 5.08. The van der Waals surface area contributed by atoms with Gasteiger partial charge in [-0.3, -0.25) is 4.79 Å². The van der Waals surface area contributed by atoms with Crippen molar-refractivity contribution in [1.82, 2.24) is 4.31 Å². The molecule has 2 saturated heterocycles. The first-order chi connectivity index (χ1) is 12.5. The number of sulfonamides is 1. The number of nitrogens with zero attached hydrogens (tertiary/aromatic N) is 2. The highest BCUT2D eigenvalue weighted by molar-refractivity contribution is 7.89. The Morgan fingerprint density at radius 2 is 1.65 bits per heavy atom. The summed E-state index contributed by atoms with van der Waals surface area (Å²) in [6, 6.07) is 14.7. The third kappa shape index (κ3) is 2.92. The molecule has 2 bridgehead atoms. The molecule has 2 unspecified atom stereocenters. The van der Waals surface area contributed by atoms with Gasteiger partial charge in [0, 0.05) is 23.3 Å². The van der Waals surface area contributed by atoms with Crippen molar-refractivity contribution in [2.75, 3.05) is 11.4 Å². The molecule has 0 radical (unpaired) electrons. The SMILES string of the molecule is O=C1C2CCCC(CN1c1ccccc1)N2S(=O)(=O)c1ccc(Cl)cc1. The molecule has 2 fully saturated rings. The van der Waals surface area contributed by atoms with E-state index in [1.807, 2.05) is 30.3 Å². The Kier molecular flexibility index (Phi) is 4.50. The third-order valence-corrected chi connectivity index (χ3v) is 7.31. The number of benzene rings is 2. The Morgan fingerprint density at radius 3 is 2.35 bits per heavy atom. The topological polar surface area (TPSA) is 57.7 Å². The molecule has 0 N–H and O–H groups in total. The lowest BCUT2D eigenvalue weighted by Crippen LogP contribution is -2.65. The first kappa shape index (κ1) is 17.5. The van der Waals surface area contributed by atoms with Crippen LogP contribution in [-0.2, 0) is 14.8 Å². The van der Waals surface area contributed by atoms with Gasteiger partial charge in [-0.05, 0) is 55.7 Å². The molecule has 7 heteroatoms. The van der Waals surface area contributed by atoms with Crippen LogP contribution in [-0.4, -0.2) is 37.3 Å². The smallest absolute Gasteiger partial charge is 0.245 e. The predicted octanol–water partition coefficient (Wildman–Crippen LogP) is 3.30. The summed E-state index contributed by atoms with van der Waals surface area (Å²) in [4.78, 5) is 15.0. The summed E-state index contributed by atoms with van der Waals surface area (Å²) in [5.41, 5.74) is 0.818. The lowest BCUT2D eigenvalue weighted by Gasteiger charge is -2.48. The highest BCUT2D eigenvalue weighted by atomic mass is 35.5. The molecular weight excluding hydrogens is 372 g/mol. The van der Waals surface area contributed by atoms with E-state index in [1.165, 1.54) is 16.4 Å². The Hall–Kier alpha value is -1.89. The van der Waals surface area contributed by atoms with Crippen molar-refractivity contribution in [3.8, 4) is 0 Å². The first-order valence-corrected chi connectivity index (χ1v) is 10.5. The van der Waals surface area contributed by atoms with E-state index in [2.05, 4.69) is 0 Å². The van der Waals surface area contributed by atoms with Crippen molar-refractivity contribution >= 4 is 33.2 Å². The minimum atomic E-state index is -3.75. The zero-order valence-corrected chi connectivity index (χ0v) is 15.7. The van der Waals surface area contributed by atoms with Crippen molar-refractivity contribution in [2.24, 2.45) is 0 Å². The number of halogens is 1. The Labute approximate surface area is 158 Å². The second-order valence-corrected chi connectivity index (χ2v) is 8.95. The molecule has 5 nitrogen and oxygen atoms in total.